The number of nitrogens with two attached hydrogens (primary N) is 1. The first-order valence-corrected chi connectivity index (χ1v) is 7.07. The van der Waals surface area contributed by atoms with Crippen LogP contribution < -0.4 is 5.73 Å². The van der Waals surface area contributed by atoms with Gasteiger partial charge in [0.2, 0.25) is 0 Å². The van der Waals surface area contributed by atoms with Crippen LogP contribution in [0.15, 0.2) is 24.5 Å². The number of likely N-dealkylation sites (tertiary alicyclic amines) is 1. The van der Waals surface area contributed by atoms with Crippen molar-refractivity contribution in [1.29, 1.82) is 0 Å². The summed E-state index contributed by atoms with van der Waals surface area (Å²) in [5, 5.41) is 9.45. The average Bonchev–Trinajstić information content (AvgIpc) is 2.40. The third-order valence-electron chi connectivity index (χ3n) is 3.48. The first-order chi connectivity index (χ1) is 10.2. The Hall–Kier alpha value is -1.99. The van der Waals surface area contributed by atoms with E-state index in [2.05, 4.69) is 4.98 Å². The van der Waals surface area contributed by atoms with E-state index in [9.17, 15) is 14.7 Å². The fraction of sp³-hybridized carbons (Fsp3) is 0.533. The molecule has 22 heavy (non-hydrogen) atoms. The molecule has 2 rings (SSSR count). The number of nitrogens with zero attached hydrogens (tertiary/aromatic N) is 2. The molecule has 1 aliphatic rings. The zero-order chi connectivity index (χ0) is 16.5. The fourth-order valence-electron chi connectivity index (χ4n) is 2.43. The molecule has 1 saturated heterocycles. The summed E-state index contributed by atoms with van der Waals surface area (Å²) in [6, 6.07) is 2.43. The highest BCUT2D eigenvalue weighted by Crippen LogP contribution is 2.33. The number of carbonyl (C=O) groups is 2. The molecule has 2 heterocycles. The van der Waals surface area contributed by atoms with Gasteiger partial charge in [0.15, 0.2) is 0 Å². The minimum Gasteiger partial charge on any atom is -0.480 e. The maximum absolute atomic E-state index is 12.0. The average molecular weight is 307 g/mol. The molecule has 0 spiro atoms. The van der Waals surface area contributed by atoms with Crippen molar-refractivity contribution in [3.8, 4) is 0 Å². The highest BCUT2D eigenvalue weighted by atomic mass is 16.6. The van der Waals surface area contributed by atoms with E-state index >= 15 is 0 Å². The summed E-state index contributed by atoms with van der Waals surface area (Å²) in [5.74, 6) is -1.93. The van der Waals surface area contributed by atoms with Crippen LogP contribution >= 0.6 is 0 Å². The number of aromatic nitrogens is 1. The number of esters is 1. The predicted molar refractivity (Wildman–Crippen MR) is 78.6 cm³/mol. The lowest BCUT2D eigenvalue weighted by atomic mass is 9.91. The van der Waals surface area contributed by atoms with Gasteiger partial charge in [-0.15, -0.1) is 0 Å². The van der Waals surface area contributed by atoms with Crippen molar-refractivity contribution in [2.45, 2.75) is 38.6 Å². The van der Waals surface area contributed by atoms with Gasteiger partial charge in [0, 0.05) is 18.9 Å². The van der Waals surface area contributed by atoms with Gasteiger partial charge in [-0.3, -0.25) is 19.5 Å². The lowest BCUT2D eigenvalue weighted by Crippen LogP contribution is -2.66. The number of carbonyl (C=O) groups excluding carboxylic acids is 1. The Balaban J connectivity index is 2.09. The van der Waals surface area contributed by atoms with Crippen LogP contribution in [0.25, 0.3) is 0 Å². The SMILES string of the molecule is CC(C)(C)OC(=O)[C@@H]1CN([C@@H](C(=O)O)c2cccnc2)[C@@H]1N. The number of carboxylic acids is 1. The van der Waals surface area contributed by atoms with E-state index < -0.39 is 35.7 Å². The van der Waals surface area contributed by atoms with E-state index in [0.717, 1.165) is 0 Å². The molecule has 1 fully saturated rings. The predicted octanol–water partition coefficient (Wildman–Crippen LogP) is 0.766. The van der Waals surface area contributed by atoms with Crippen LogP contribution in [0.2, 0.25) is 0 Å². The molecule has 0 unspecified atom stereocenters. The van der Waals surface area contributed by atoms with Crippen LogP contribution in [-0.2, 0) is 14.3 Å². The second-order valence-electron chi connectivity index (χ2n) is 6.35. The second-order valence-corrected chi connectivity index (χ2v) is 6.35. The van der Waals surface area contributed by atoms with Crippen LogP contribution in [0, 0.1) is 5.92 Å². The molecule has 3 atom stereocenters. The third-order valence-corrected chi connectivity index (χ3v) is 3.48. The largest absolute Gasteiger partial charge is 0.480 e. The Morgan fingerprint density at radius 1 is 1.50 bits per heavy atom. The zero-order valence-corrected chi connectivity index (χ0v) is 12.9. The fourth-order valence-corrected chi connectivity index (χ4v) is 2.43. The van der Waals surface area contributed by atoms with Crippen LogP contribution in [0.4, 0.5) is 0 Å². The summed E-state index contributed by atoms with van der Waals surface area (Å²) in [6.45, 7) is 5.59. The van der Waals surface area contributed by atoms with E-state index in [1.54, 1.807) is 44.0 Å². The van der Waals surface area contributed by atoms with Gasteiger partial charge < -0.3 is 15.6 Å². The summed E-state index contributed by atoms with van der Waals surface area (Å²) < 4.78 is 5.30. The number of rotatable bonds is 4. The second kappa shape index (κ2) is 6.02. The minimum absolute atomic E-state index is 0.252. The first kappa shape index (κ1) is 16.4. The number of hydrogen-bond donors (Lipinski definition) is 2. The van der Waals surface area contributed by atoms with Crippen molar-refractivity contribution in [1.82, 2.24) is 9.88 Å². The van der Waals surface area contributed by atoms with E-state index in [-0.39, 0.29) is 6.54 Å². The number of hydrogen-bond acceptors (Lipinski definition) is 6. The van der Waals surface area contributed by atoms with Crippen molar-refractivity contribution in [2.75, 3.05) is 6.54 Å². The molecule has 3 N–H and O–H groups in total. The summed E-state index contributed by atoms with van der Waals surface area (Å²) >= 11 is 0. The lowest BCUT2D eigenvalue weighted by molar-refractivity contribution is -0.176. The van der Waals surface area contributed by atoms with Gasteiger partial charge in [-0.25, -0.2) is 0 Å². The standard InChI is InChI=1S/C15H21N3O4/c1-15(2,3)22-14(21)10-8-18(12(10)16)11(13(19)20)9-5-4-6-17-7-9/h4-7,10-12H,8,16H2,1-3H3,(H,19,20)/t10-,11-,12+/m1/s1. The van der Waals surface area contributed by atoms with Gasteiger partial charge >= 0.3 is 11.9 Å². The molecule has 0 aromatic carbocycles. The number of carboxylic acid groups (broad SMARTS) is 1. The molecule has 1 aromatic rings. The molecule has 7 nitrogen and oxygen atoms in total. The quantitative estimate of drug-likeness (QED) is 0.791. The maximum Gasteiger partial charge on any atom is 0.325 e. The highest BCUT2D eigenvalue weighted by Gasteiger charge is 2.48. The Bertz CT molecular complexity index is 556. The van der Waals surface area contributed by atoms with E-state index in [1.807, 2.05) is 0 Å². The third kappa shape index (κ3) is 3.42. The van der Waals surface area contributed by atoms with E-state index in [1.165, 1.54) is 6.20 Å². The summed E-state index contributed by atoms with van der Waals surface area (Å²) in [6.07, 6.45) is 2.38. The molecule has 0 amide bonds. The molecule has 0 radical (unpaired) electrons. The molecular weight excluding hydrogens is 286 g/mol. The normalized spacial score (nSPS) is 23.5. The van der Waals surface area contributed by atoms with Crippen molar-refractivity contribution in [2.24, 2.45) is 11.7 Å². The van der Waals surface area contributed by atoms with E-state index in [4.69, 9.17) is 10.5 Å². The summed E-state index contributed by atoms with van der Waals surface area (Å²) in [4.78, 5) is 29.1. The molecule has 1 aliphatic heterocycles. The number of ether oxygens (including phenoxy) is 1. The minimum atomic E-state index is -1.02. The van der Waals surface area contributed by atoms with Gasteiger partial charge in [0.1, 0.15) is 11.6 Å². The molecule has 0 saturated carbocycles. The summed E-state index contributed by atoms with van der Waals surface area (Å²) in [5.41, 5.74) is 5.95. The number of pyridine rings is 1. The maximum atomic E-state index is 12.0. The highest BCUT2D eigenvalue weighted by molar-refractivity contribution is 5.78. The summed E-state index contributed by atoms with van der Waals surface area (Å²) in [7, 11) is 0. The van der Waals surface area contributed by atoms with Crippen molar-refractivity contribution >= 4 is 11.9 Å². The first-order valence-electron chi connectivity index (χ1n) is 7.07. The molecule has 0 aliphatic carbocycles. The van der Waals surface area contributed by atoms with Crippen molar-refractivity contribution in [3.05, 3.63) is 30.1 Å². The van der Waals surface area contributed by atoms with Gasteiger partial charge in [-0.05, 0) is 32.4 Å². The Morgan fingerprint density at radius 2 is 2.18 bits per heavy atom. The lowest BCUT2D eigenvalue weighted by Gasteiger charge is -2.47. The van der Waals surface area contributed by atoms with Crippen LogP contribution in [0.1, 0.15) is 32.4 Å². The van der Waals surface area contributed by atoms with Crippen LogP contribution in [-0.4, -0.2) is 45.2 Å². The molecule has 7 heteroatoms. The molecule has 1 aromatic heterocycles. The van der Waals surface area contributed by atoms with Gasteiger partial charge in [0.05, 0.1) is 12.1 Å². The van der Waals surface area contributed by atoms with Gasteiger partial charge in [-0.1, -0.05) is 6.07 Å². The van der Waals surface area contributed by atoms with Gasteiger partial charge in [-0.2, -0.15) is 0 Å². The smallest absolute Gasteiger partial charge is 0.325 e. The number of aliphatic carboxylic acids is 1. The van der Waals surface area contributed by atoms with Gasteiger partial charge in [0.25, 0.3) is 0 Å². The van der Waals surface area contributed by atoms with E-state index in [0.29, 0.717) is 5.56 Å². The van der Waals surface area contributed by atoms with Crippen molar-refractivity contribution in [3.63, 3.8) is 0 Å². The molecule has 0 bridgehead atoms. The van der Waals surface area contributed by atoms with Crippen LogP contribution in [0.5, 0.6) is 0 Å². The Labute approximate surface area is 129 Å². The van der Waals surface area contributed by atoms with Crippen LogP contribution in [0.3, 0.4) is 0 Å². The Morgan fingerprint density at radius 3 is 2.64 bits per heavy atom. The topological polar surface area (TPSA) is 106 Å². The zero-order valence-electron chi connectivity index (χ0n) is 12.9. The Kier molecular flexibility index (Phi) is 4.48. The molecule has 120 valence electrons. The van der Waals surface area contributed by atoms with Crippen molar-refractivity contribution < 1.29 is 19.4 Å². The molecular formula is C15H21N3O4. The monoisotopic (exact) mass is 307 g/mol.